The van der Waals surface area contributed by atoms with Crippen molar-refractivity contribution in [1.29, 1.82) is 0 Å². The van der Waals surface area contributed by atoms with Gasteiger partial charge in [-0.15, -0.1) is 0 Å². The van der Waals surface area contributed by atoms with Crippen molar-refractivity contribution >= 4 is 5.97 Å². The molecule has 4 nitrogen and oxygen atoms in total. The Kier molecular flexibility index (Phi) is 5.07. The summed E-state index contributed by atoms with van der Waals surface area (Å²) in [5.41, 5.74) is 0.437. The van der Waals surface area contributed by atoms with E-state index in [0.717, 1.165) is 0 Å². The van der Waals surface area contributed by atoms with Gasteiger partial charge in [0.15, 0.2) is 11.5 Å². The molecule has 0 fully saturated rings. The number of rotatable bonds is 5. The van der Waals surface area contributed by atoms with E-state index < -0.39 is 0 Å². The van der Waals surface area contributed by atoms with E-state index in [-0.39, 0.29) is 12.6 Å². The average molecular weight is 236 g/mol. The van der Waals surface area contributed by atoms with Crippen LogP contribution in [-0.4, -0.2) is 26.8 Å². The van der Waals surface area contributed by atoms with Crippen LogP contribution in [0.1, 0.15) is 17.3 Å². The van der Waals surface area contributed by atoms with Gasteiger partial charge in [-0.05, 0) is 25.1 Å². The van der Waals surface area contributed by atoms with Gasteiger partial charge in [-0.2, -0.15) is 0 Å². The number of esters is 1. The van der Waals surface area contributed by atoms with E-state index in [4.69, 9.17) is 14.2 Å². The predicted octanol–water partition coefficient (Wildman–Crippen LogP) is 2.44. The van der Waals surface area contributed by atoms with E-state index in [1.165, 1.54) is 7.11 Å². The highest BCUT2D eigenvalue weighted by Crippen LogP contribution is 2.27. The number of carbonyl (C=O) groups excluding carboxylic acids is 1. The number of benzene rings is 1. The molecule has 0 unspecified atom stereocenters. The molecule has 0 aromatic heterocycles. The van der Waals surface area contributed by atoms with Crippen LogP contribution in [0.4, 0.5) is 0 Å². The molecule has 0 heterocycles. The van der Waals surface area contributed by atoms with E-state index in [0.29, 0.717) is 17.1 Å². The number of methoxy groups -OCH3 is 2. The molecular weight excluding hydrogens is 220 g/mol. The molecule has 4 heteroatoms. The van der Waals surface area contributed by atoms with Crippen molar-refractivity contribution in [1.82, 2.24) is 0 Å². The van der Waals surface area contributed by atoms with Crippen LogP contribution in [0, 0.1) is 0 Å². The molecule has 1 rings (SSSR count). The van der Waals surface area contributed by atoms with E-state index in [2.05, 4.69) is 0 Å². The molecule has 0 spiro atoms. The third-order valence-electron chi connectivity index (χ3n) is 2.17. The fraction of sp³-hybridized carbons (Fsp3) is 0.308. The normalized spacial score (nSPS) is 10.3. The van der Waals surface area contributed by atoms with Crippen LogP contribution in [0.3, 0.4) is 0 Å². The smallest absolute Gasteiger partial charge is 0.338 e. The van der Waals surface area contributed by atoms with Crippen molar-refractivity contribution in [3.8, 4) is 11.5 Å². The summed E-state index contributed by atoms with van der Waals surface area (Å²) in [4.78, 5) is 11.6. The van der Waals surface area contributed by atoms with Gasteiger partial charge in [0.1, 0.15) is 6.61 Å². The molecule has 0 radical (unpaired) electrons. The Balaban J connectivity index is 2.80. The molecule has 0 saturated heterocycles. The van der Waals surface area contributed by atoms with Gasteiger partial charge in [0, 0.05) is 0 Å². The van der Waals surface area contributed by atoms with Crippen molar-refractivity contribution in [2.75, 3.05) is 20.8 Å². The van der Waals surface area contributed by atoms with Gasteiger partial charge in [-0.25, -0.2) is 4.79 Å². The van der Waals surface area contributed by atoms with Crippen molar-refractivity contribution in [2.45, 2.75) is 6.92 Å². The minimum absolute atomic E-state index is 0.268. The first kappa shape index (κ1) is 13.1. The highest BCUT2D eigenvalue weighted by molar-refractivity contribution is 5.90. The van der Waals surface area contributed by atoms with E-state index in [1.807, 2.05) is 13.0 Å². The van der Waals surface area contributed by atoms with Gasteiger partial charge in [0.25, 0.3) is 0 Å². The van der Waals surface area contributed by atoms with Gasteiger partial charge in [0.05, 0.1) is 19.8 Å². The molecule has 0 amide bonds. The molecule has 0 N–H and O–H groups in total. The number of hydrogen-bond donors (Lipinski definition) is 0. The lowest BCUT2D eigenvalue weighted by molar-refractivity contribution is 0.0549. The Labute approximate surface area is 101 Å². The van der Waals surface area contributed by atoms with Crippen LogP contribution in [0.2, 0.25) is 0 Å². The summed E-state index contributed by atoms with van der Waals surface area (Å²) in [6, 6.07) is 4.90. The maximum atomic E-state index is 11.6. The lowest BCUT2D eigenvalue weighted by atomic mass is 10.2. The number of hydrogen-bond acceptors (Lipinski definition) is 4. The monoisotopic (exact) mass is 236 g/mol. The predicted molar refractivity (Wildman–Crippen MR) is 64.6 cm³/mol. The Morgan fingerprint density at radius 2 is 1.94 bits per heavy atom. The number of carbonyl (C=O) groups is 1. The molecule has 1 aromatic rings. The molecule has 0 aliphatic rings. The molecule has 0 atom stereocenters. The topological polar surface area (TPSA) is 44.8 Å². The fourth-order valence-electron chi connectivity index (χ4n) is 1.27. The molecule has 0 bridgehead atoms. The zero-order chi connectivity index (χ0) is 12.7. The minimum Gasteiger partial charge on any atom is -0.493 e. The highest BCUT2D eigenvalue weighted by atomic mass is 16.5. The van der Waals surface area contributed by atoms with Gasteiger partial charge in [0.2, 0.25) is 0 Å². The maximum absolute atomic E-state index is 11.6. The van der Waals surface area contributed by atoms with Gasteiger partial charge in [-0.3, -0.25) is 0 Å². The second kappa shape index (κ2) is 6.58. The third-order valence-corrected chi connectivity index (χ3v) is 2.17. The van der Waals surface area contributed by atoms with Crippen LogP contribution in [-0.2, 0) is 4.74 Å². The highest BCUT2D eigenvalue weighted by Gasteiger charge is 2.11. The van der Waals surface area contributed by atoms with Crippen LogP contribution < -0.4 is 9.47 Å². The summed E-state index contributed by atoms with van der Waals surface area (Å²) < 4.78 is 15.2. The fourth-order valence-corrected chi connectivity index (χ4v) is 1.27. The van der Waals surface area contributed by atoms with Crippen molar-refractivity contribution < 1.29 is 19.0 Å². The Hall–Kier alpha value is -1.97. The second-order valence-corrected chi connectivity index (χ2v) is 3.24. The summed E-state index contributed by atoms with van der Waals surface area (Å²) in [7, 11) is 3.06. The number of ether oxygens (including phenoxy) is 3. The first-order chi connectivity index (χ1) is 8.22. The van der Waals surface area contributed by atoms with Crippen LogP contribution in [0.25, 0.3) is 0 Å². The molecular formula is C13H16O4. The van der Waals surface area contributed by atoms with Crippen molar-refractivity contribution in [2.24, 2.45) is 0 Å². The number of allylic oxidation sites excluding steroid dienone is 1. The van der Waals surface area contributed by atoms with Crippen LogP contribution >= 0.6 is 0 Å². The summed E-state index contributed by atoms with van der Waals surface area (Å²) in [5, 5.41) is 0. The molecule has 0 aliphatic heterocycles. The molecule has 0 aliphatic carbocycles. The van der Waals surface area contributed by atoms with Gasteiger partial charge >= 0.3 is 5.97 Å². The Morgan fingerprint density at radius 3 is 2.53 bits per heavy atom. The molecule has 17 heavy (non-hydrogen) atoms. The summed E-state index contributed by atoms with van der Waals surface area (Å²) in [5.74, 6) is 0.703. The first-order valence-corrected chi connectivity index (χ1v) is 5.23. The second-order valence-electron chi connectivity index (χ2n) is 3.24. The quantitative estimate of drug-likeness (QED) is 0.582. The zero-order valence-corrected chi connectivity index (χ0v) is 10.2. The van der Waals surface area contributed by atoms with Gasteiger partial charge < -0.3 is 14.2 Å². The SMILES string of the molecule is C/C=C/COC(=O)c1ccc(OC)c(OC)c1. The lowest BCUT2D eigenvalue weighted by Crippen LogP contribution is -2.05. The summed E-state index contributed by atoms with van der Waals surface area (Å²) in [6.07, 6.45) is 3.58. The van der Waals surface area contributed by atoms with Crippen molar-refractivity contribution in [3.05, 3.63) is 35.9 Å². The first-order valence-electron chi connectivity index (χ1n) is 5.23. The van der Waals surface area contributed by atoms with Crippen molar-refractivity contribution in [3.63, 3.8) is 0 Å². The molecule has 1 aromatic carbocycles. The standard InChI is InChI=1S/C13H16O4/c1-4-5-8-17-13(14)10-6-7-11(15-2)12(9-10)16-3/h4-7,9H,8H2,1-3H3/b5-4+. The Morgan fingerprint density at radius 1 is 1.24 bits per heavy atom. The molecule has 92 valence electrons. The molecule has 0 saturated carbocycles. The van der Waals surface area contributed by atoms with Crippen LogP contribution in [0.15, 0.2) is 30.4 Å². The average Bonchev–Trinajstić information content (AvgIpc) is 2.38. The van der Waals surface area contributed by atoms with E-state index >= 15 is 0 Å². The zero-order valence-electron chi connectivity index (χ0n) is 10.2. The maximum Gasteiger partial charge on any atom is 0.338 e. The lowest BCUT2D eigenvalue weighted by Gasteiger charge is -2.08. The van der Waals surface area contributed by atoms with Gasteiger partial charge in [-0.1, -0.05) is 12.2 Å². The van der Waals surface area contributed by atoms with E-state index in [9.17, 15) is 4.79 Å². The third kappa shape index (κ3) is 3.52. The largest absolute Gasteiger partial charge is 0.493 e. The van der Waals surface area contributed by atoms with E-state index in [1.54, 1.807) is 31.4 Å². The summed E-state index contributed by atoms with van der Waals surface area (Å²) in [6.45, 7) is 2.13. The Bertz CT molecular complexity index is 410. The summed E-state index contributed by atoms with van der Waals surface area (Å²) >= 11 is 0. The van der Waals surface area contributed by atoms with Crippen LogP contribution in [0.5, 0.6) is 11.5 Å². The minimum atomic E-state index is -0.385.